The normalized spacial score (nSPS) is 12.3. The molecule has 0 saturated heterocycles. The number of likely N-dealkylation sites (N-methyl/N-ethyl adjacent to an activating group) is 2. The fourth-order valence-electron chi connectivity index (χ4n) is 3.07. The number of rotatable bonds is 15. The van der Waals surface area contributed by atoms with Crippen LogP contribution in [-0.2, 0) is 30.4 Å². The number of nitrogens with zero attached hydrogens (tertiary/aromatic N) is 3. The summed E-state index contributed by atoms with van der Waals surface area (Å²) in [5.41, 5.74) is 0.429. The van der Waals surface area contributed by atoms with Gasteiger partial charge in [-0.15, -0.1) is 0 Å². The van der Waals surface area contributed by atoms with Crippen LogP contribution in [0.3, 0.4) is 0 Å². The lowest BCUT2D eigenvalue weighted by atomic mass is 10.2. The second-order valence-corrected chi connectivity index (χ2v) is 8.89. The molecule has 0 fully saturated rings. The van der Waals surface area contributed by atoms with Crippen LogP contribution in [0.2, 0.25) is 0 Å². The maximum atomic E-state index is 12.7. The Morgan fingerprint density at radius 3 is 2.37 bits per heavy atom. The van der Waals surface area contributed by atoms with Crippen LogP contribution in [0.15, 0.2) is 18.3 Å². The number of nitrogens with one attached hydrogen (secondary N) is 2. The fourth-order valence-corrected chi connectivity index (χ4v) is 3.07. The number of carbonyl (C=O) groups is 4. The van der Waals surface area contributed by atoms with Crippen LogP contribution in [0.1, 0.15) is 43.2 Å². The van der Waals surface area contributed by atoms with Crippen LogP contribution in [-0.4, -0.2) is 104 Å². The molecule has 0 spiro atoms. The van der Waals surface area contributed by atoms with Crippen molar-refractivity contribution in [1.82, 2.24) is 25.4 Å². The summed E-state index contributed by atoms with van der Waals surface area (Å²) in [6, 6.07) is 2.72. The molecule has 0 aliphatic heterocycles. The van der Waals surface area contributed by atoms with Gasteiger partial charge in [0.2, 0.25) is 5.91 Å². The van der Waals surface area contributed by atoms with Gasteiger partial charge in [-0.1, -0.05) is 0 Å². The van der Waals surface area contributed by atoms with E-state index >= 15 is 0 Å². The molecular formula is C24H36F3N5O6. The van der Waals surface area contributed by atoms with Crippen LogP contribution < -0.4 is 10.6 Å². The highest BCUT2D eigenvalue weighted by Gasteiger charge is 2.39. The highest BCUT2D eigenvalue weighted by Crippen LogP contribution is 2.15. The molecule has 14 heteroatoms. The van der Waals surface area contributed by atoms with Crippen molar-refractivity contribution in [3.8, 4) is 0 Å². The number of aromatic nitrogens is 1. The van der Waals surface area contributed by atoms with Gasteiger partial charge >= 0.3 is 24.0 Å². The maximum Gasteiger partial charge on any atom is 0.471 e. The summed E-state index contributed by atoms with van der Waals surface area (Å²) in [7, 11) is 3.83. The summed E-state index contributed by atoms with van der Waals surface area (Å²) in [6.45, 7) is 6.36. The summed E-state index contributed by atoms with van der Waals surface area (Å²) in [5, 5.41) is 4.57. The molecule has 0 aromatic carbocycles. The van der Waals surface area contributed by atoms with Gasteiger partial charge in [0.25, 0.3) is 0 Å². The van der Waals surface area contributed by atoms with Gasteiger partial charge in [-0.3, -0.25) is 19.4 Å². The summed E-state index contributed by atoms with van der Waals surface area (Å²) < 4.78 is 47.8. The molecule has 0 aliphatic rings. The number of ether oxygens (including phenoxy) is 2. The van der Waals surface area contributed by atoms with E-state index in [1.54, 1.807) is 24.1 Å². The first-order valence-electron chi connectivity index (χ1n) is 12.1. The molecular weight excluding hydrogens is 511 g/mol. The van der Waals surface area contributed by atoms with Crippen molar-refractivity contribution in [1.29, 1.82) is 0 Å². The number of esters is 2. The fraction of sp³-hybridized carbons (Fsp3) is 0.625. The number of carbonyl (C=O) groups excluding carboxylic acids is 4. The smallest absolute Gasteiger partial charge is 0.463 e. The van der Waals surface area contributed by atoms with Crippen LogP contribution in [0.4, 0.5) is 13.2 Å². The average Bonchev–Trinajstić information content (AvgIpc) is 2.81. The molecule has 0 radical (unpaired) electrons. The lowest BCUT2D eigenvalue weighted by Gasteiger charge is -2.23. The Labute approximate surface area is 220 Å². The van der Waals surface area contributed by atoms with E-state index in [4.69, 9.17) is 9.47 Å². The minimum Gasteiger partial charge on any atom is -0.463 e. The topological polar surface area (TPSA) is 130 Å². The summed E-state index contributed by atoms with van der Waals surface area (Å²) >= 11 is 0. The third kappa shape index (κ3) is 12.8. The zero-order valence-corrected chi connectivity index (χ0v) is 22.3. The van der Waals surface area contributed by atoms with Crippen molar-refractivity contribution in [3.05, 3.63) is 29.6 Å². The molecule has 1 rings (SSSR count). The van der Waals surface area contributed by atoms with Gasteiger partial charge in [-0.05, 0) is 47.0 Å². The summed E-state index contributed by atoms with van der Waals surface area (Å²) in [5.74, 6) is -4.07. The van der Waals surface area contributed by atoms with Gasteiger partial charge in [0.1, 0.15) is 6.10 Å². The van der Waals surface area contributed by atoms with E-state index in [0.717, 1.165) is 6.54 Å². The molecule has 2 amide bonds. The van der Waals surface area contributed by atoms with Gasteiger partial charge in [0.05, 0.1) is 36.9 Å². The Hall–Kier alpha value is -3.26. The van der Waals surface area contributed by atoms with E-state index < -0.39 is 49.2 Å². The van der Waals surface area contributed by atoms with Gasteiger partial charge in [-0.25, -0.2) is 4.79 Å². The molecule has 214 valence electrons. The minimum atomic E-state index is -5.14. The summed E-state index contributed by atoms with van der Waals surface area (Å²) in [6.07, 6.45) is -6.27. The number of pyridine rings is 1. The Morgan fingerprint density at radius 2 is 1.79 bits per heavy atom. The van der Waals surface area contributed by atoms with E-state index in [0.29, 0.717) is 18.8 Å². The first-order valence-corrected chi connectivity index (χ1v) is 12.1. The maximum absolute atomic E-state index is 12.7. The van der Waals surface area contributed by atoms with Crippen molar-refractivity contribution < 1.29 is 41.8 Å². The van der Waals surface area contributed by atoms with E-state index in [-0.39, 0.29) is 24.6 Å². The lowest BCUT2D eigenvalue weighted by Crippen LogP contribution is -2.42. The predicted molar refractivity (Wildman–Crippen MR) is 131 cm³/mol. The van der Waals surface area contributed by atoms with Gasteiger partial charge in [0.15, 0.2) is 0 Å². The zero-order valence-electron chi connectivity index (χ0n) is 22.3. The van der Waals surface area contributed by atoms with Crippen molar-refractivity contribution in [2.75, 3.05) is 46.8 Å². The minimum absolute atomic E-state index is 0.0219. The second kappa shape index (κ2) is 15.9. The Balaban J connectivity index is 2.78. The van der Waals surface area contributed by atoms with Crippen molar-refractivity contribution in [3.63, 3.8) is 0 Å². The molecule has 38 heavy (non-hydrogen) atoms. The molecule has 1 aromatic rings. The first-order chi connectivity index (χ1) is 17.7. The molecule has 1 unspecified atom stereocenters. The second-order valence-electron chi connectivity index (χ2n) is 8.89. The Kier molecular flexibility index (Phi) is 13.7. The first kappa shape index (κ1) is 32.8. The van der Waals surface area contributed by atoms with Gasteiger partial charge in [0, 0.05) is 32.4 Å². The van der Waals surface area contributed by atoms with Crippen LogP contribution >= 0.6 is 0 Å². The lowest BCUT2D eigenvalue weighted by molar-refractivity contribution is -0.174. The zero-order chi connectivity index (χ0) is 28.9. The SMILES string of the molecule is CCN(CCN(C)C)C(=O)CNCc1cc(C(=O)OC(CNC(=O)C(F)(F)F)CC(=O)OC(C)C)ccn1. The van der Waals surface area contributed by atoms with Crippen LogP contribution in [0.25, 0.3) is 0 Å². The van der Waals surface area contributed by atoms with E-state index in [9.17, 15) is 32.3 Å². The van der Waals surface area contributed by atoms with Crippen molar-refractivity contribution in [2.24, 2.45) is 0 Å². The molecule has 2 N–H and O–H groups in total. The molecule has 1 atom stereocenters. The largest absolute Gasteiger partial charge is 0.471 e. The molecule has 0 aliphatic carbocycles. The monoisotopic (exact) mass is 547 g/mol. The van der Waals surface area contributed by atoms with Gasteiger partial charge in [-0.2, -0.15) is 13.2 Å². The highest BCUT2D eigenvalue weighted by molar-refractivity contribution is 5.90. The molecule has 11 nitrogen and oxygen atoms in total. The van der Waals surface area contributed by atoms with E-state index in [1.807, 2.05) is 25.9 Å². The average molecular weight is 548 g/mol. The predicted octanol–water partition coefficient (Wildman–Crippen LogP) is 1.13. The number of hydrogen-bond donors (Lipinski definition) is 2. The molecule has 0 bridgehead atoms. The molecule has 1 heterocycles. The van der Waals surface area contributed by atoms with Crippen molar-refractivity contribution >= 4 is 23.8 Å². The van der Waals surface area contributed by atoms with Crippen LogP contribution in [0, 0.1) is 0 Å². The molecule has 1 aromatic heterocycles. The Morgan fingerprint density at radius 1 is 1.11 bits per heavy atom. The van der Waals surface area contributed by atoms with E-state index in [2.05, 4.69) is 10.3 Å². The standard InChI is InChI=1S/C24H36F3N5O6/c1-6-32(10-9-31(4)5)20(33)15-28-13-18-11-17(7-8-29-18)22(35)38-19(12-21(34)37-16(2)3)14-30-23(36)24(25,26)27/h7-8,11,16,19,28H,6,9-10,12-15H2,1-5H3,(H,30,36). The van der Waals surface area contributed by atoms with Crippen molar-refractivity contribution in [2.45, 2.75) is 52.1 Å². The third-order valence-electron chi connectivity index (χ3n) is 4.97. The highest BCUT2D eigenvalue weighted by atomic mass is 19.4. The Bertz CT molecular complexity index is 942. The quantitative estimate of drug-likeness (QED) is 0.310. The number of halogens is 3. The third-order valence-corrected chi connectivity index (χ3v) is 4.97. The summed E-state index contributed by atoms with van der Waals surface area (Å²) in [4.78, 5) is 56.1. The number of hydrogen-bond acceptors (Lipinski definition) is 9. The van der Waals surface area contributed by atoms with E-state index in [1.165, 1.54) is 18.3 Å². The molecule has 0 saturated carbocycles. The number of alkyl halides is 3. The number of amides is 2. The van der Waals surface area contributed by atoms with Crippen LogP contribution in [0.5, 0.6) is 0 Å². The van der Waals surface area contributed by atoms with Gasteiger partial charge < -0.3 is 29.9 Å².